The number of hydrogen-bond donors (Lipinski definition) is 1. The van der Waals surface area contributed by atoms with E-state index in [0.717, 1.165) is 31.0 Å². The van der Waals surface area contributed by atoms with Crippen molar-refractivity contribution < 1.29 is 14.1 Å². The highest BCUT2D eigenvalue weighted by molar-refractivity contribution is 5.95. The van der Waals surface area contributed by atoms with E-state index in [-0.39, 0.29) is 16.7 Å². The lowest BCUT2D eigenvalue weighted by Gasteiger charge is -2.10. The van der Waals surface area contributed by atoms with E-state index in [2.05, 4.69) is 5.32 Å². The van der Waals surface area contributed by atoms with Crippen molar-refractivity contribution in [3.05, 3.63) is 39.7 Å². The number of benzene rings is 1. The fourth-order valence-electron chi connectivity index (χ4n) is 1.58. The minimum absolute atomic E-state index is 0.104. The predicted molar refractivity (Wildman–Crippen MR) is 62.7 cm³/mol. The Balaban J connectivity index is 2.13. The van der Waals surface area contributed by atoms with Crippen molar-refractivity contribution in [3.8, 4) is 0 Å². The van der Waals surface area contributed by atoms with Crippen molar-refractivity contribution in [2.24, 2.45) is 5.41 Å². The smallest absolute Gasteiger partial charge is 0.270 e. The Kier molecular flexibility index (Phi) is 3.02. The number of carbonyl (C=O) groups excluding carboxylic acids is 1. The Hall–Kier alpha value is -1.98. The highest BCUT2D eigenvalue weighted by Crippen LogP contribution is 2.44. The molecule has 1 fully saturated rings. The van der Waals surface area contributed by atoms with E-state index in [1.165, 1.54) is 0 Å². The Labute approximate surface area is 103 Å². The number of rotatable bonds is 4. The zero-order valence-corrected chi connectivity index (χ0v) is 9.90. The van der Waals surface area contributed by atoms with Crippen molar-refractivity contribution >= 4 is 11.6 Å². The first-order valence-electron chi connectivity index (χ1n) is 5.63. The van der Waals surface area contributed by atoms with E-state index >= 15 is 0 Å². The lowest BCUT2D eigenvalue weighted by molar-refractivity contribution is -0.384. The monoisotopic (exact) mass is 252 g/mol. The van der Waals surface area contributed by atoms with Crippen LogP contribution in [0.15, 0.2) is 18.2 Å². The van der Waals surface area contributed by atoms with Crippen LogP contribution in [-0.4, -0.2) is 17.4 Å². The number of halogens is 1. The Morgan fingerprint density at radius 3 is 2.78 bits per heavy atom. The largest absolute Gasteiger partial charge is 0.351 e. The fraction of sp³-hybridized carbons (Fsp3) is 0.417. The van der Waals surface area contributed by atoms with Crippen molar-refractivity contribution in [1.29, 1.82) is 0 Å². The molecule has 0 radical (unpaired) electrons. The maximum atomic E-state index is 13.4. The SMILES string of the molecule is CC1(CNC(=O)c2cc([N+](=O)[O-])ccc2F)CC1. The maximum absolute atomic E-state index is 13.4. The molecule has 1 aromatic carbocycles. The van der Waals surface area contributed by atoms with Gasteiger partial charge < -0.3 is 5.32 Å². The van der Waals surface area contributed by atoms with Crippen LogP contribution < -0.4 is 5.32 Å². The first-order chi connectivity index (χ1) is 8.41. The van der Waals surface area contributed by atoms with E-state index < -0.39 is 16.6 Å². The molecule has 2 rings (SSSR count). The predicted octanol–water partition coefficient (Wildman–Crippen LogP) is 2.26. The van der Waals surface area contributed by atoms with E-state index in [0.29, 0.717) is 6.54 Å². The van der Waals surface area contributed by atoms with Gasteiger partial charge in [0.1, 0.15) is 5.82 Å². The third kappa shape index (κ3) is 2.64. The number of nitro groups is 1. The number of nitrogens with zero attached hydrogens (tertiary/aromatic N) is 1. The molecule has 0 spiro atoms. The van der Waals surface area contributed by atoms with Crippen LogP contribution in [0.5, 0.6) is 0 Å². The van der Waals surface area contributed by atoms with Gasteiger partial charge in [-0.15, -0.1) is 0 Å². The molecule has 1 aromatic rings. The van der Waals surface area contributed by atoms with Crippen LogP contribution in [-0.2, 0) is 0 Å². The fourth-order valence-corrected chi connectivity index (χ4v) is 1.58. The number of hydrogen-bond acceptors (Lipinski definition) is 3. The highest BCUT2D eigenvalue weighted by atomic mass is 19.1. The number of non-ortho nitro benzene ring substituents is 1. The second-order valence-electron chi connectivity index (χ2n) is 4.91. The second-order valence-corrected chi connectivity index (χ2v) is 4.91. The number of amides is 1. The lowest BCUT2D eigenvalue weighted by atomic mass is 10.1. The summed E-state index contributed by atoms with van der Waals surface area (Å²) in [5.74, 6) is -1.36. The van der Waals surface area contributed by atoms with Crippen LogP contribution >= 0.6 is 0 Å². The molecule has 1 amide bonds. The molecule has 1 aliphatic carbocycles. The normalized spacial score (nSPS) is 16.1. The summed E-state index contributed by atoms with van der Waals surface area (Å²) in [5, 5.41) is 13.2. The number of nitrogens with one attached hydrogen (secondary N) is 1. The first-order valence-corrected chi connectivity index (χ1v) is 5.63. The first kappa shape index (κ1) is 12.5. The topological polar surface area (TPSA) is 72.2 Å². The third-order valence-corrected chi connectivity index (χ3v) is 3.18. The van der Waals surface area contributed by atoms with Gasteiger partial charge in [-0.25, -0.2) is 4.39 Å². The molecule has 18 heavy (non-hydrogen) atoms. The molecule has 0 aromatic heterocycles. The maximum Gasteiger partial charge on any atom is 0.270 e. The van der Waals surface area contributed by atoms with E-state index in [1.807, 2.05) is 6.92 Å². The summed E-state index contributed by atoms with van der Waals surface area (Å²) < 4.78 is 13.4. The van der Waals surface area contributed by atoms with E-state index in [9.17, 15) is 19.3 Å². The molecule has 1 N–H and O–H groups in total. The van der Waals surface area contributed by atoms with E-state index in [4.69, 9.17) is 0 Å². The molecule has 0 heterocycles. The summed E-state index contributed by atoms with van der Waals surface area (Å²) in [5.41, 5.74) is -0.472. The van der Waals surface area contributed by atoms with Gasteiger partial charge in [0.2, 0.25) is 0 Å². The minimum Gasteiger partial charge on any atom is -0.351 e. The lowest BCUT2D eigenvalue weighted by Crippen LogP contribution is -2.29. The quantitative estimate of drug-likeness (QED) is 0.660. The van der Waals surface area contributed by atoms with Crippen LogP contribution in [0.1, 0.15) is 30.1 Å². The van der Waals surface area contributed by atoms with Gasteiger partial charge in [0.15, 0.2) is 0 Å². The molecule has 1 aliphatic rings. The average Bonchev–Trinajstić information content (AvgIpc) is 3.05. The summed E-state index contributed by atoms with van der Waals surface area (Å²) in [6, 6.07) is 2.93. The number of carbonyl (C=O) groups is 1. The molecular weight excluding hydrogens is 239 g/mol. The molecule has 96 valence electrons. The van der Waals surface area contributed by atoms with Gasteiger partial charge in [-0.05, 0) is 24.3 Å². The van der Waals surface area contributed by atoms with Gasteiger partial charge in [0.25, 0.3) is 11.6 Å². The van der Waals surface area contributed by atoms with Crippen molar-refractivity contribution in [2.75, 3.05) is 6.54 Å². The van der Waals surface area contributed by atoms with Crippen LogP contribution in [0.2, 0.25) is 0 Å². The summed E-state index contributed by atoms with van der Waals surface area (Å²) >= 11 is 0. The van der Waals surface area contributed by atoms with Gasteiger partial charge in [-0.2, -0.15) is 0 Å². The van der Waals surface area contributed by atoms with Crippen LogP contribution in [0.25, 0.3) is 0 Å². The highest BCUT2D eigenvalue weighted by Gasteiger charge is 2.37. The molecule has 1 saturated carbocycles. The van der Waals surface area contributed by atoms with Crippen LogP contribution in [0.3, 0.4) is 0 Å². The summed E-state index contributed by atoms with van der Waals surface area (Å²) in [6.07, 6.45) is 2.06. The molecule has 0 unspecified atom stereocenters. The molecule has 0 bridgehead atoms. The molecule has 6 heteroatoms. The van der Waals surface area contributed by atoms with Crippen LogP contribution in [0, 0.1) is 21.3 Å². The average molecular weight is 252 g/mol. The third-order valence-electron chi connectivity index (χ3n) is 3.18. The summed E-state index contributed by atoms with van der Waals surface area (Å²) in [7, 11) is 0. The molecule has 5 nitrogen and oxygen atoms in total. The zero-order chi connectivity index (χ0) is 13.3. The summed E-state index contributed by atoms with van der Waals surface area (Å²) in [4.78, 5) is 21.7. The Bertz CT molecular complexity index is 512. The standard InChI is InChI=1S/C12H13FN2O3/c1-12(4-5-12)7-14-11(16)9-6-8(15(17)18)2-3-10(9)13/h2-3,6H,4-5,7H2,1H3,(H,14,16). The van der Waals surface area contributed by atoms with Gasteiger partial charge >= 0.3 is 0 Å². The van der Waals surface area contributed by atoms with Gasteiger partial charge in [-0.3, -0.25) is 14.9 Å². The summed E-state index contributed by atoms with van der Waals surface area (Å²) in [6.45, 7) is 2.49. The molecular formula is C12H13FN2O3. The second kappa shape index (κ2) is 4.36. The minimum atomic E-state index is -0.751. The van der Waals surface area contributed by atoms with Crippen molar-refractivity contribution in [3.63, 3.8) is 0 Å². The molecule has 0 atom stereocenters. The van der Waals surface area contributed by atoms with E-state index in [1.54, 1.807) is 0 Å². The number of nitro benzene ring substituents is 1. The molecule has 0 saturated heterocycles. The van der Waals surface area contributed by atoms with Crippen molar-refractivity contribution in [1.82, 2.24) is 5.32 Å². The Morgan fingerprint density at radius 1 is 1.56 bits per heavy atom. The van der Waals surface area contributed by atoms with Gasteiger partial charge in [-0.1, -0.05) is 6.92 Å². The zero-order valence-electron chi connectivity index (χ0n) is 9.90. The van der Waals surface area contributed by atoms with Gasteiger partial charge in [0, 0.05) is 18.7 Å². The van der Waals surface area contributed by atoms with Crippen molar-refractivity contribution in [2.45, 2.75) is 19.8 Å². The van der Waals surface area contributed by atoms with Crippen LogP contribution in [0.4, 0.5) is 10.1 Å². The van der Waals surface area contributed by atoms with Gasteiger partial charge in [0.05, 0.1) is 10.5 Å². The Morgan fingerprint density at radius 2 is 2.22 bits per heavy atom. The molecule has 0 aliphatic heterocycles.